The summed E-state index contributed by atoms with van der Waals surface area (Å²) in [5.74, 6) is 3.64. The molecule has 0 bridgehead atoms. The Morgan fingerprint density at radius 3 is 0.388 bits per heavy atom. The molecule has 0 aromatic heterocycles. The van der Waals surface area contributed by atoms with E-state index >= 15 is 0 Å². The molecule has 134 heavy (non-hydrogen) atoms. The van der Waals surface area contributed by atoms with Crippen molar-refractivity contribution in [3.8, 4) is 23.0 Å². The lowest BCUT2D eigenvalue weighted by molar-refractivity contribution is 0.111. The van der Waals surface area contributed by atoms with Gasteiger partial charge in [-0.25, -0.2) is 0 Å². The third kappa shape index (κ3) is 44.0. The Morgan fingerprint density at radius 2 is 0.254 bits per heavy atom. The summed E-state index contributed by atoms with van der Waals surface area (Å²) >= 11 is 0. The lowest BCUT2D eigenvalue weighted by Gasteiger charge is -2.07. The maximum Gasteiger partial charge on any atom is 0.150 e. The predicted molar refractivity (Wildman–Crippen MR) is 585 cm³/mol. The van der Waals surface area contributed by atoms with Crippen LogP contribution in [-0.4, -0.2) is 39.0 Å². The van der Waals surface area contributed by atoms with Crippen molar-refractivity contribution in [2.75, 3.05) is 26.4 Å². The Bertz CT molecular complexity index is 4710. The molecule has 0 spiro atoms. The highest BCUT2D eigenvalue weighted by atomic mass is 16.5. The van der Waals surface area contributed by atoms with Crippen LogP contribution in [0.1, 0.15) is 405 Å². The van der Waals surface area contributed by atoms with Crippen molar-refractivity contribution >= 4 is 122 Å². The second kappa shape index (κ2) is 65.1. The highest BCUT2D eigenvalue weighted by Gasteiger charge is 2.09. The first-order valence-electron chi connectivity index (χ1n) is 51.9. The lowest BCUT2D eigenvalue weighted by Crippen LogP contribution is -1.97. The molecule has 0 fully saturated rings. The van der Waals surface area contributed by atoms with Crippen molar-refractivity contribution < 1.29 is 28.5 Å². The quantitative estimate of drug-likeness (QED) is 0.0215. The van der Waals surface area contributed by atoms with Gasteiger partial charge in [0.05, 0.1) is 26.4 Å². The summed E-state index contributed by atoms with van der Waals surface area (Å²) in [6.45, 7) is 12.1. The first-order chi connectivity index (χ1) is 66.1. The number of benzene rings is 10. The maximum atomic E-state index is 11.6. The summed E-state index contributed by atoms with van der Waals surface area (Å²) in [6.07, 6.45) is 93.3. The van der Waals surface area contributed by atoms with Crippen LogP contribution in [0.4, 0.5) is 0 Å². The largest absolute Gasteiger partial charge is 0.494 e. The molecule has 0 radical (unpaired) electrons. The van der Waals surface area contributed by atoms with E-state index in [1.165, 1.54) is 231 Å². The van der Waals surface area contributed by atoms with Gasteiger partial charge in [-0.2, -0.15) is 0 Å². The van der Waals surface area contributed by atoms with Gasteiger partial charge >= 0.3 is 0 Å². The highest BCUT2D eigenvalue weighted by Crippen LogP contribution is 2.29. The molecular formula is C128H156O6. The van der Waals surface area contributed by atoms with Gasteiger partial charge in [0, 0.05) is 11.1 Å². The van der Waals surface area contributed by atoms with Crippen LogP contribution in [0, 0.1) is 0 Å². The zero-order valence-corrected chi connectivity index (χ0v) is 81.9. The van der Waals surface area contributed by atoms with Crippen LogP contribution in [0.15, 0.2) is 218 Å². The van der Waals surface area contributed by atoms with E-state index in [0.29, 0.717) is 11.1 Å². The average Bonchev–Trinajstić information content (AvgIpc) is 0.841. The zero-order valence-electron chi connectivity index (χ0n) is 81.9. The summed E-state index contributed by atoms with van der Waals surface area (Å²) in [5, 5.41) is 0. The molecule has 0 unspecified atom stereocenters. The SMILES string of the molecule is CCCCCCCCCCCCOc1ccc(/C=C/c2cc(/C=C/c3ccc(OCCCCCCCCCCCC)cc3)cc(/C=C/c3cc(/C=C/c4cc(/C=C/c5ccc(C=O)cc5)cc(/C=C/c5ccc(C=O)cc5)c4)cc(/C=C/c4cc(/C=C/c5ccc(OCCCCCCCCCCCC)cc5)cc(/C=C/c5ccc(OCCCCCCCCCCCC)cc5)c4)c3)c2)cc1. The zero-order chi connectivity index (χ0) is 93.4. The smallest absolute Gasteiger partial charge is 0.150 e. The number of carbonyl (C=O) groups is 2. The summed E-state index contributed by atoms with van der Waals surface area (Å²) in [4.78, 5) is 23.2. The van der Waals surface area contributed by atoms with Crippen molar-refractivity contribution in [2.45, 2.75) is 285 Å². The molecule has 0 atom stereocenters. The van der Waals surface area contributed by atoms with Crippen molar-refractivity contribution in [3.05, 3.63) is 330 Å². The molecule has 6 heteroatoms. The molecule has 0 heterocycles. The van der Waals surface area contributed by atoms with E-state index in [2.05, 4.69) is 307 Å². The number of hydrogen-bond donors (Lipinski definition) is 0. The second-order valence-corrected chi connectivity index (χ2v) is 36.7. The molecule has 10 aromatic carbocycles. The van der Waals surface area contributed by atoms with Crippen LogP contribution in [0.5, 0.6) is 23.0 Å². The summed E-state index contributed by atoms with van der Waals surface area (Å²) in [5.41, 5.74) is 20.3. The minimum absolute atomic E-state index is 0.637. The van der Waals surface area contributed by atoms with Gasteiger partial charge in [-0.3, -0.25) is 9.59 Å². The summed E-state index contributed by atoms with van der Waals surface area (Å²) in [7, 11) is 0. The van der Waals surface area contributed by atoms with Crippen molar-refractivity contribution in [2.24, 2.45) is 0 Å². The van der Waals surface area contributed by atoms with E-state index in [9.17, 15) is 9.59 Å². The van der Waals surface area contributed by atoms with Crippen LogP contribution >= 0.6 is 0 Å². The first-order valence-corrected chi connectivity index (χ1v) is 51.9. The molecule has 0 aliphatic rings. The molecule has 0 N–H and O–H groups in total. The highest BCUT2D eigenvalue weighted by molar-refractivity contribution is 5.86. The van der Waals surface area contributed by atoms with Crippen molar-refractivity contribution in [1.29, 1.82) is 0 Å². The fourth-order valence-corrected chi connectivity index (χ4v) is 16.9. The Labute approximate surface area is 808 Å². The molecule has 0 aliphatic heterocycles. The monoisotopic (exact) mass is 1790 g/mol. The second-order valence-electron chi connectivity index (χ2n) is 36.7. The molecule has 0 aliphatic carbocycles. The van der Waals surface area contributed by atoms with E-state index in [-0.39, 0.29) is 0 Å². The minimum Gasteiger partial charge on any atom is -0.494 e. The summed E-state index contributed by atoms with van der Waals surface area (Å²) < 4.78 is 25.1. The van der Waals surface area contributed by atoms with Crippen molar-refractivity contribution in [1.82, 2.24) is 0 Å². The normalized spacial score (nSPS) is 11.9. The molecule has 0 amide bonds. The standard InChI is InChI=1S/C128H156O6/c1-5-9-13-17-21-25-29-33-37-41-87-131-125-79-71-107(72-80-125)51-61-115-92-116(62-52-108-73-81-126(82-74-108)132-88-42-38-34-30-26-22-18-14-10-6-2)97-120(96-115)66-69-123-100-122(68-65-119-94-113(59-49-105-45-55-111(103-129)56-46-105)91-114(95-119)60-50-106-47-57-112(104-130)58-48-106)101-124(102-123)70-67-121-98-117(63-53-109-75-83-127(84-76-109)133-89-43-39-35-31-27-23-19-15-11-7-3)93-118(99-121)64-54-110-77-85-128(86-78-110)134-90-44-40-36-32-28-24-20-16-12-8-4/h45-86,91-104H,5-44,87-90H2,1-4H3/b59-49+,60-50+,61-51+,62-52+,63-53+,64-54+,68-65+,69-66+,70-67+. The lowest BCUT2D eigenvalue weighted by atomic mass is 9.99. The van der Waals surface area contributed by atoms with Crippen LogP contribution in [-0.2, 0) is 0 Å². The van der Waals surface area contributed by atoms with Crippen LogP contribution < -0.4 is 18.9 Å². The van der Waals surface area contributed by atoms with E-state index in [0.717, 1.165) is 188 Å². The number of hydrogen-bond acceptors (Lipinski definition) is 6. The average molecular weight is 1790 g/mol. The number of ether oxygens (including phenoxy) is 4. The Morgan fingerprint density at radius 1 is 0.142 bits per heavy atom. The third-order valence-electron chi connectivity index (χ3n) is 24.9. The van der Waals surface area contributed by atoms with Gasteiger partial charge in [-0.1, -0.05) is 465 Å². The third-order valence-corrected chi connectivity index (χ3v) is 24.9. The van der Waals surface area contributed by atoms with Crippen LogP contribution in [0.3, 0.4) is 0 Å². The molecule has 10 rings (SSSR count). The first kappa shape index (κ1) is 104. The van der Waals surface area contributed by atoms with Gasteiger partial charge in [0.2, 0.25) is 0 Å². The fraction of sp³-hybridized carbons (Fsp3) is 0.375. The Balaban J connectivity index is 0.950. The summed E-state index contributed by atoms with van der Waals surface area (Å²) in [6, 6.07) is 76.4. The van der Waals surface area contributed by atoms with E-state index in [1.54, 1.807) is 0 Å². The molecule has 0 saturated carbocycles. The number of aldehydes is 2. The molecule has 0 saturated heterocycles. The Kier molecular flexibility index (Phi) is 50.8. The molecular weight excluding hydrogens is 1630 g/mol. The molecule has 704 valence electrons. The number of unbranched alkanes of at least 4 members (excludes halogenated alkanes) is 36. The van der Waals surface area contributed by atoms with Gasteiger partial charge in [0.15, 0.2) is 0 Å². The van der Waals surface area contributed by atoms with Crippen LogP contribution in [0.2, 0.25) is 0 Å². The predicted octanol–water partition coefficient (Wildman–Crippen LogP) is 38.0. The topological polar surface area (TPSA) is 71.1 Å². The van der Waals surface area contributed by atoms with Gasteiger partial charge in [-0.15, -0.1) is 0 Å². The maximum absolute atomic E-state index is 11.6. The van der Waals surface area contributed by atoms with E-state index in [1.807, 2.05) is 48.5 Å². The van der Waals surface area contributed by atoms with E-state index in [4.69, 9.17) is 18.9 Å². The van der Waals surface area contributed by atoms with E-state index < -0.39 is 0 Å². The van der Waals surface area contributed by atoms with Gasteiger partial charge in [0.25, 0.3) is 0 Å². The minimum atomic E-state index is 0.637. The van der Waals surface area contributed by atoms with Crippen molar-refractivity contribution in [3.63, 3.8) is 0 Å². The number of rotatable bonds is 68. The molecule has 6 nitrogen and oxygen atoms in total. The molecule has 10 aromatic rings. The van der Waals surface area contributed by atoms with Gasteiger partial charge < -0.3 is 18.9 Å². The number of carbonyl (C=O) groups excluding carboxylic acids is 2. The fourth-order valence-electron chi connectivity index (χ4n) is 16.9. The Hall–Kier alpha value is -11.6. The van der Waals surface area contributed by atoms with Gasteiger partial charge in [0.1, 0.15) is 35.6 Å². The van der Waals surface area contributed by atoms with Crippen LogP contribution in [0.25, 0.3) is 109 Å². The van der Waals surface area contributed by atoms with Gasteiger partial charge in [-0.05, 0) is 247 Å².